The van der Waals surface area contributed by atoms with Crippen LogP contribution in [0, 0.1) is 0 Å². The molecule has 2 aromatic rings. The Morgan fingerprint density at radius 1 is 1.35 bits per heavy atom. The fourth-order valence-corrected chi connectivity index (χ4v) is 2.41. The Labute approximate surface area is 116 Å². The van der Waals surface area contributed by atoms with Gasteiger partial charge in [-0.3, -0.25) is 4.90 Å². The van der Waals surface area contributed by atoms with E-state index in [1.165, 1.54) is 0 Å². The minimum Gasteiger partial charge on any atom is -0.507 e. The largest absolute Gasteiger partial charge is 0.507 e. The highest BCUT2D eigenvalue weighted by molar-refractivity contribution is 5.61. The van der Waals surface area contributed by atoms with Gasteiger partial charge in [0.05, 0.1) is 12.1 Å². The van der Waals surface area contributed by atoms with E-state index in [0.29, 0.717) is 31.0 Å². The normalized spacial score (nSPS) is 20.1. The number of alkyl halides is 1. The van der Waals surface area contributed by atoms with Gasteiger partial charge in [0.2, 0.25) is 5.89 Å². The van der Waals surface area contributed by atoms with Crippen molar-refractivity contribution < 1.29 is 13.9 Å². The van der Waals surface area contributed by atoms with Crippen molar-refractivity contribution in [2.24, 2.45) is 0 Å². The summed E-state index contributed by atoms with van der Waals surface area (Å²) in [5.41, 5.74) is 0.508. The second kappa shape index (κ2) is 5.58. The van der Waals surface area contributed by atoms with E-state index in [2.05, 4.69) is 10.2 Å². The number of hydrogen-bond acceptors (Lipinski definition) is 5. The van der Waals surface area contributed by atoms with Crippen LogP contribution >= 0.6 is 0 Å². The summed E-state index contributed by atoms with van der Waals surface area (Å²) >= 11 is 0. The molecule has 0 saturated carbocycles. The van der Waals surface area contributed by atoms with E-state index in [1.807, 2.05) is 4.90 Å². The maximum absolute atomic E-state index is 13.3. The fraction of sp³-hybridized carbons (Fsp3) is 0.429. The summed E-state index contributed by atoms with van der Waals surface area (Å²) in [5.74, 6) is 0.828. The fourth-order valence-electron chi connectivity index (χ4n) is 2.41. The van der Waals surface area contributed by atoms with Crippen molar-refractivity contribution in [1.29, 1.82) is 0 Å². The van der Waals surface area contributed by atoms with Gasteiger partial charge in [-0.2, -0.15) is 0 Å². The molecule has 1 aromatic heterocycles. The highest BCUT2D eigenvalue weighted by Gasteiger charge is 2.21. The van der Waals surface area contributed by atoms with Crippen LogP contribution in [0.2, 0.25) is 0 Å². The summed E-state index contributed by atoms with van der Waals surface area (Å²) in [7, 11) is 0. The van der Waals surface area contributed by atoms with E-state index in [1.54, 1.807) is 24.3 Å². The topological polar surface area (TPSA) is 62.4 Å². The van der Waals surface area contributed by atoms with E-state index in [-0.39, 0.29) is 11.6 Å². The highest BCUT2D eigenvalue weighted by Crippen LogP contribution is 2.27. The zero-order chi connectivity index (χ0) is 13.9. The van der Waals surface area contributed by atoms with Crippen molar-refractivity contribution in [3.63, 3.8) is 0 Å². The number of aromatic nitrogens is 2. The summed E-state index contributed by atoms with van der Waals surface area (Å²) in [6.07, 6.45) is 0.703. The molecule has 1 atom stereocenters. The minimum absolute atomic E-state index is 0.101. The quantitative estimate of drug-likeness (QED) is 0.933. The summed E-state index contributed by atoms with van der Waals surface area (Å²) < 4.78 is 18.9. The van der Waals surface area contributed by atoms with Gasteiger partial charge in [0.1, 0.15) is 11.9 Å². The number of aromatic hydroxyl groups is 1. The lowest BCUT2D eigenvalue weighted by atomic mass is 10.1. The van der Waals surface area contributed by atoms with Crippen LogP contribution in [-0.2, 0) is 6.54 Å². The van der Waals surface area contributed by atoms with Crippen LogP contribution in [-0.4, -0.2) is 39.5 Å². The van der Waals surface area contributed by atoms with Gasteiger partial charge in [-0.1, -0.05) is 12.1 Å². The van der Waals surface area contributed by atoms with E-state index >= 15 is 0 Å². The van der Waals surface area contributed by atoms with Gasteiger partial charge >= 0.3 is 0 Å². The number of likely N-dealkylation sites (tertiary alicyclic amines) is 1. The smallest absolute Gasteiger partial charge is 0.251 e. The third kappa shape index (κ3) is 2.80. The van der Waals surface area contributed by atoms with Crippen molar-refractivity contribution in [1.82, 2.24) is 15.1 Å². The lowest BCUT2D eigenvalue weighted by Gasteiger charge is -2.27. The van der Waals surface area contributed by atoms with Crippen molar-refractivity contribution in [3.8, 4) is 17.2 Å². The molecule has 3 rings (SSSR count). The van der Waals surface area contributed by atoms with E-state index in [9.17, 15) is 9.50 Å². The van der Waals surface area contributed by atoms with Gasteiger partial charge < -0.3 is 9.52 Å². The number of para-hydroxylation sites is 1. The Morgan fingerprint density at radius 2 is 2.20 bits per heavy atom. The molecule has 1 N–H and O–H groups in total. The van der Waals surface area contributed by atoms with Gasteiger partial charge in [-0.05, 0) is 31.5 Å². The van der Waals surface area contributed by atoms with Crippen LogP contribution in [0.4, 0.5) is 4.39 Å². The summed E-state index contributed by atoms with van der Waals surface area (Å²) in [6, 6.07) is 6.80. The maximum atomic E-state index is 13.3. The monoisotopic (exact) mass is 277 g/mol. The molecule has 5 nitrogen and oxygen atoms in total. The third-order valence-corrected chi connectivity index (χ3v) is 3.41. The molecule has 20 heavy (non-hydrogen) atoms. The predicted octanol–water partition coefficient (Wildman–Crippen LogP) is 2.38. The highest BCUT2D eigenvalue weighted by atomic mass is 19.1. The summed E-state index contributed by atoms with van der Waals surface area (Å²) in [4.78, 5) is 1.97. The van der Waals surface area contributed by atoms with Crippen molar-refractivity contribution in [2.75, 3.05) is 13.1 Å². The first kappa shape index (κ1) is 13.1. The Balaban J connectivity index is 1.72. The molecule has 1 unspecified atom stereocenters. The molecule has 0 amide bonds. The molecule has 1 aromatic carbocycles. The van der Waals surface area contributed by atoms with Crippen LogP contribution in [0.15, 0.2) is 28.7 Å². The number of hydrogen-bond donors (Lipinski definition) is 1. The van der Waals surface area contributed by atoms with Crippen LogP contribution < -0.4 is 0 Å². The first-order valence-electron chi connectivity index (χ1n) is 6.69. The number of benzene rings is 1. The second-order valence-electron chi connectivity index (χ2n) is 4.99. The Bertz CT molecular complexity index is 587. The van der Waals surface area contributed by atoms with E-state index in [4.69, 9.17) is 4.42 Å². The number of halogens is 1. The zero-order valence-corrected chi connectivity index (χ0v) is 11.0. The first-order chi connectivity index (χ1) is 9.72. The van der Waals surface area contributed by atoms with E-state index in [0.717, 1.165) is 13.0 Å². The van der Waals surface area contributed by atoms with Gasteiger partial charge in [-0.15, -0.1) is 10.2 Å². The van der Waals surface area contributed by atoms with Crippen LogP contribution in [0.5, 0.6) is 5.75 Å². The van der Waals surface area contributed by atoms with Crippen molar-refractivity contribution in [2.45, 2.75) is 25.6 Å². The van der Waals surface area contributed by atoms with Crippen LogP contribution in [0.3, 0.4) is 0 Å². The molecule has 0 aliphatic carbocycles. The third-order valence-electron chi connectivity index (χ3n) is 3.41. The summed E-state index contributed by atoms with van der Waals surface area (Å²) in [5, 5.41) is 17.6. The summed E-state index contributed by atoms with van der Waals surface area (Å²) in [6.45, 7) is 1.70. The van der Waals surface area contributed by atoms with E-state index < -0.39 is 6.17 Å². The number of piperidine rings is 1. The number of phenols is 1. The average Bonchev–Trinajstić information content (AvgIpc) is 2.87. The van der Waals surface area contributed by atoms with Crippen LogP contribution in [0.1, 0.15) is 18.7 Å². The molecule has 0 radical (unpaired) electrons. The SMILES string of the molecule is Oc1ccccc1-c1nnc(CN2CCCC(F)C2)o1. The molecule has 1 saturated heterocycles. The standard InChI is InChI=1S/C14H16FN3O2/c15-10-4-3-7-18(8-10)9-13-16-17-14(20-13)11-5-1-2-6-12(11)19/h1-2,5-6,10,19H,3-4,7-9H2. The number of phenolic OH excluding ortho intramolecular Hbond substituents is 1. The van der Waals surface area contributed by atoms with Crippen molar-refractivity contribution in [3.05, 3.63) is 30.2 Å². The zero-order valence-electron chi connectivity index (χ0n) is 11.0. The number of rotatable bonds is 3. The molecular formula is C14H16FN3O2. The van der Waals surface area contributed by atoms with Gasteiger partial charge in [0.25, 0.3) is 5.89 Å². The average molecular weight is 277 g/mol. The molecule has 2 heterocycles. The van der Waals surface area contributed by atoms with Crippen molar-refractivity contribution >= 4 is 0 Å². The molecule has 6 heteroatoms. The molecular weight excluding hydrogens is 261 g/mol. The first-order valence-corrected chi connectivity index (χ1v) is 6.69. The lowest BCUT2D eigenvalue weighted by molar-refractivity contribution is 0.124. The predicted molar refractivity (Wildman–Crippen MR) is 70.8 cm³/mol. The maximum Gasteiger partial charge on any atom is 0.251 e. The molecule has 0 spiro atoms. The number of nitrogens with zero attached hydrogens (tertiary/aromatic N) is 3. The lowest BCUT2D eigenvalue weighted by Crippen LogP contribution is -2.35. The molecule has 1 fully saturated rings. The Kier molecular flexibility index (Phi) is 3.64. The Hall–Kier alpha value is -1.95. The Morgan fingerprint density at radius 3 is 3.00 bits per heavy atom. The second-order valence-corrected chi connectivity index (χ2v) is 4.99. The van der Waals surface area contributed by atoms with Crippen LogP contribution in [0.25, 0.3) is 11.5 Å². The molecule has 0 bridgehead atoms. The molecule has 106 valence electrons. The van der Waals surface area contributed by atoms with Gasteiger partial charge in [-0.25, -0.2) is 4.39 Å². The van der Waals surface area contributed by atoms with Gasteiger partial charge in [0.15, 0.2) is 0 Å². The molecule has 1 aliphatic rings. The van der Waals surface area contributed by atoms with Gasteiger partial charge in [0, 0.05) is 6.54 Å². The minimum atomic E-state index is -0.774. The molecule has 1 aliphatic heterocycles.